The van der Waals surface area contributed by atoms with Gasteiger partial charge in [-0.05, 0) is 31.7 Å². The van der Waals surface area contributed by atoms with Crippen molar-refractivity contribution in [2.24, 2.45) is 0 Å². The van der Waals surface area contributed by atoms with Crippen molar-refractivity contribution in [3.8, 4) is 5.75 Å². The number of likely N-dealkylation sites (N-methyl/N-ethyl adjacent to an activating group) is 1. The molecule has 1 N–H and O–H groups in total. The summed E-state index contributed by atoms with van der Waals surface area (Å²) >= 11 is 5.99. The minimum atomic E-state index is -3.85. The highest BCUT2D eigenvalue weighted by molar-refractivity contribution is 7.89. The molecule has 1 aliphatic heterocycles. The summed E-state index contributed by atoms with van der Waals surface area (Å²) in [5.41, 5.74) is 0. The first-order valence-electron chi connectivity index (χ1n) is 8.15. The highest BCUT2D eigenvalue weighted by Crippen LogP contribution is 2.27. The van der Waals surface area contributed by atoms with E-state index in [-0.39, 0.29) is 15.8 Å². The molecule has 25 heavy (non-hydrogen) atoms. The number of benzene rings is 1. The number of nitrogens with zero attached hydrogens (tertiary/aromatic N) is 2. The van der Waals surface area contributed by atoms with Gasteiger partial charge in [0.2, 0.25) is 15.9 Å². The number of sulfonamides is 1. The molecule has 0 saturated carbocycles. The van der Waals surface area contributed by atoms with Crippen LogP contribution in [0.3, 0.4) is 0 Å². The molecule has 1 fully saturated rings. The van der Waals surface area contributed by atoms with Crippen LogP contribution >= 0.6 is 11.6 Å². The van der Waals surface area contributed by atoms with Crippen LogP contribution in [-0.4, -0.2) is 70.0 Å². The van der Waals surface area contributed by atoms with Gasteiger partial charge in [0.05, 0.1) is 23.1 Å². The molecule has 1 saturated heterocycles. The van der Waals surface area contributed by atoms with Gasteiger partial charge in [-0.2, -0.15) is 4.72 Å². The first kappa shape index (κ1) is 20.0. The Hall–Kier alpha value is -1.35. The summed E-state index contributed by atoms with van der Waals surface area (Å²) in [4.78, 5) is 16.4. The van der Waals surface area contributed by atoms with Crippen molar-refractivity contribution >= 4 is 27.5 Å². The molecule has 0 radical (unpaired) electrons. The van der Waals surface area contributed by atoms with E-state index in [1.165, 1.54) is 25.3 Å². The van der Waals surface area contributed by atoms with Crippen LogP contribution < -0.4 is 9.46 Å². The lowest BCUT2D eigenvalue weighted by Crippen LogP contribution is -2.54. The molecule has 1 atom stereocenters. The summed E-state index contributed by atoms with van der Waals surface area (Å²) in [5.74, 6) is 0.164. The van der Waals surface area contributed by atoms with E-state index in [0.717, 1.165) is 19.6 Å². The number of rotatable bonds is 6. The SMILES string of the molecule is CCN1CCN(C(=O)[C@@H](C)NS(=O)(=O)c2ccc(OC)c(Cl)c2)CC1. The van der Waals surface area contributed by atoms with E-state index < -0.39 is 16.1 Å². The van der Waals surface area contributed by atoms with Crippen LogP contribution in [-0.2, 0) is 14.8 Å². The third-order valence-electron chi connectivity index (χ3n) is 4.27. The van der Waals surface area contributed by atoms with E-state index in [1.54, 1.807) is 11.8 Å². The second-order valence-electron chi connectivity index (χ2n) is 5.90. The number of carbonyl (C=O) groups is 1. The number of piperazine rings is 1. The minimum Gasteiger partial charge on any atom is -0.495 e. The maximum Gasteiger partial charge on any atom is 0.241 e. The number of nitrogens with one attached hydrogen (secondary N) is 1. The van der Waals surface area contributed by atoms with Gasteiger partial charge in [0, 0.05) is 26.2 Å². The number of ether oxygens (including phenoxy) is 1. The monoisotopic (exact) mass is 389 g/mol. The Bertz CT molecular complexity index is 718. The Morgan fingerprint density at radius 3 is 2.48 bits per heavy atom. The fourth-order valence-electron chi connectivity index (χ4n) is 2.72. The summed E-state index contributed by atoms with van der Waals surface area (Å²) in [6.45, 7) is 7.39. The lowest BCUT2D eigenvalue weighted by molar-refractivity contribution is -0.134. The number of carbonyl (C=O) groups excluding carboxylic acids is 1. The summed E-state index contributed by atoms with van der Waals surface area (Å²) in [5, 5.41) is 0.194. The number of hydrogen-bond acceptors (Lipinski definition) is 5. The molecule has 7 nitrogen and oxygen atoms in total. The molecule has 1 amide bonds. The first-order valence-corrected chi connectivity index (χ1v) is 10.0. The predicted octanol–water partition coefficient (Wildman–Crippen LogP) is 1.18. The highest BCUT2D eigenvalue weighted by Gasteiger charge is 2.28. The van der Waals surface area contributed by atoms with E-state index in [4.69, 9.17) is 16.3 Å². The van der Waals surface area contributed by atoms with Crippen molar-refractivity contribution in [2.75, 3.05) is 39.8 Å². The molecule has 0 aliphatic carbocycles. The highest BCUT2D eigenvalue weighted by atomic mass is 35.5. The van der Waals surface area contributed by atoms with Gasteiger partial charge in [0.1, 0.15) is 5.75 Å². The Balaban J connectivity index is 2.04. The van der Waals surface area contributed by atoms with Gasteiger partial charge < -0.3 is 14.5 Å². The van der Waals surface area contributed by atoms with Crippen molar-refractivity contribution in [2.45, 2.75) is 24.8 Å². The summed E-state index contributed by atoms with van der Waals surface area (Å²) in [6.07, 6.45) is 0. The smallest absolute Gasteiger partial charge is 0.241 e. The molecule has 1 aliphatic rings. The average molecular weight is 390 g/mol. The molecule has 1 heterocycles. The second kappa shape index (κ2) is 8.35. The van der Waals surface area contributed by atoms with Crippen LogP contribution in [0, 0.1) is 0 Å². The summed E-state index contributed by atoms with van der Waals surface area (Å²) < 4.78 is 32.4. The average Bonchev–Trinajstić information content (AvgIpc) is 2.60. The van der Waals surface area contributed by atoms with Gasteiger partial charge in [-0.25, -0.2) is 8.42 Å². The molecule has 1 aromatic rings. The zero-order valence-electron chi connectivity index (χ0n) is 14.7. The van der Waals surface area contributed by atoms with Crippen LogP contribution in [0.1, 0.15) is 13.8 Å². The second-order valence-corrected chi connectivity index (χ2v) is 8.02. The normalized spacial score (nSPS) is 17.4. The number of halogens is 1. The van der Waals surface area contributed by atoms with Crippen molar-refractivity contribution in [3.05, 3.63) is 23.2 Å². The lowest BCUT2D eigenvalue weighted by Gasteiger charge is -2.35. The van der Waals surface area contributed by atoms with Gasteiger partial charge in [-0.15, -0.1) is 0 Å². The molecular formula is C16H24ClN3O4S. The molecule has 1 aromatic carbocycles. The quantitative estimate of drug-likeness (QED) is 0.790. The maximum atomic E-state index is 12.5. The Morgan fingerprint density at radius 2 is 1.96 bits per heavy atom. The van der Waals surface area contributed by atoms with E-state index >= 15 is 0 Å². The molecule has 0 aromatic heterocycles. The van der Waals surface area contributed by atoms with Crippen LogP contribution in [0.4, 0.5) is 0 Å². The van der Waals surface area contributed by atoms with Gasteiger partial charge in [-0.3, -0.25) is 4.79 Å². The zero-order valence-corrected chi connectivity index (χ0v) is 16.2. The molecule has 2 rings (SSSR count). The van der Waals surface area contributed by atoms with Crippen molar-refractivity contribution in [3.63, 3.8) is 0 Å². The maximum absolute atomic E-state index is 12.5. The van der Waals surface area contributed by atoms with Crippen LogP contribution in [0.15, 0.2) is 23.1 Å². The molecule has 9 heteroatoms. The van der Waals surface area contributed by atoms with Crippen LogP contribution in [0.5, 0.6) is 5.75 Å². The number of hydrogen-bond donors (Lipinski definition) is 1. The Kier molecular flexibility index (Phi) is 6.67. The fourth-order valence-corrected chi connectivity index (χ4v) is 4.27. The standard InChI is InChI=1S/C16H24ClN3O4S/c1-4-19-7-9-20(10-8-19)16(21)12(2)18-25(22,23)13-5-6-15(24-3)14(17)11-13/h5-6,11-12,18H,4,7-10H2,1-3H3/t12-/m1/s1. The topological polar surface area (TPSA) is 79.0 Å². The predicted molar refractivity (Wildman–Crippen MR) is 96.5 cm³/mol. The van der Waals surface area contributed by atoms with Crippen molar-refractivity contribution in [1.82, 2.24) is 14.5 Å². The van der Waals surface area contributed by atoms with E-state index in [0.29, 0.717) is 18.8 Å². The van der Waals surface area contributed by atoms with E-state index in [9.17, 15) is 13.2 Å². The molecular weight excluding hydrogens is 366 g/mol. The number of methoxy groups -OCH3 is 1. The molecule has 0 spiro atoms. The Labute approximate surface area is 153 Å². The third-order valence-corrected chi connectivity index (χ3v) is 6.10. The van der Waals surface area contributed by atoms with Crippen molar-refractivity contribution < 1.29 is 17.9 Å². The van der Waals surface area contributed by atoms with E-state index in [1.807, 2.05) is 0 Å². The fraction of sp³-hybridized carbons (Fsp3) is 0.562. The van der Waals surface area contributed by atoms with Crippen LogP contribution in [0.25, 0.3) is 0 Å². The Morgan fingerprint density at radius 1 is 1.32 bits per heavy atom. The number of amides is 1. The first-order chi connectivity index (χ1) is 11.8. The van der Waals surface area contributed by atoms with Gasteiger partial charge in [0.15, 0.2) is 0 Å². The minimum absolute atomic E-state index is 0.00578. The molecule has 140 valence electrons. The van der Waals surface area contributed by atoms with Gasteiger partial charge in [-0.1, -0.05) is 18.5 Å². The third kappa shape index (κ3) is 4.84. The summed E-state index contributed by atoms with van der Waals surface area (Å²) in [6, 6.07) is 3.33. The van der Waals surface area contributed by atoms with Gasteiger partial charge >= 0.3 is 0 Å². The van der Waals surface area contributed by atoms with E-state index in [2.05, 4.69) is 16.5 Å². The van der Waals surface area contributed by atoms with Crippen LogP contribution in [0.2, 0.25) is 5.02 Å². The lowest BCUT2D eigenvalue weighted by atomic mass is 10.2. The summed E-state index contributed by atoms with van der Waals surface area (Å²) in [7, 11) is -2.40. The van der Waals surface area contributed by atoms with Crippen molar-refractivity contribution in [1.29, 1.82) is 0 Å². The van der Waals surface area contributed by atoms with Gasteiger partial charge in [0.25, 0.3) is 0 Å². The molecule has 0 bridgehead atoms. The largest absolute Gasteiger partial charge is 0.495 e. The zero-order chi connectivity index (χ0) is 18.6. The molecule has 0 unspecified atom stereocenters.